The lowest BCUT2D eigenvalue weighted by atomic mass is 10.0. The van der Waals surface area contributed by atoms with Crippen LogP contribution in [0.2, 0.25) is 0 Å². The molecule has 0 radical (unpaired) electrons. The molecular weight excluding hydrogens is 314 g/mol. The van der Waals surface area contributed by atoms with Crippen LogP contribution in [0.15, 0.2) is 53.3 Å². The second-order valence-corrected chi connectivity index (χ2v) is 6.27. The Balaban J connectivity index is 2.29. The average Bonchev–Trinajstić information content (AvgIpc) is 2.58. The molecule has 0 spiro atoms. The maximum Gasteiger partial charge on any atom is 0.265 e. The van der Waals surface area contributed by atoms with E-state index in [1.165, 1.54) is 4.57 Å². The predicted octanol–water partition coefficient (Wildman–Crippen LogP) is 3.17. The lowest BCUT2D eigenvalue weighted by Gasteiger charge is -2.22. The summed E-state index contributed by atoms with van der Waals surface area (Å²) in [4.78, 5) is 27.7. The number of carbonyl (C=O) groups is 1. The summed E-state index contributed by atoms with van der Waals surface area (Å²) < 4.78 is 1.54. The van der Waals surface area contributed by atoms with Gasteiger partial charge in [-0.3, -0.25) is 9.59 Å². The van der Waals surface area contributed by atoms with E-state index in [0.717, 1.165) is 16.5 Å². The van der Waals surface area contributed by atoms with Gasteiger partial charge in [0.05, 0.1) is 11.2 Å². The molecule has 0 aliphatic heterocycles. The number of amides is 1. The van der Waals surface area contributed by atoms with Crippen LogP contribution in [0.4, 0.5) is 11.4 Å². The highest BCUT2D eigenvalue weighted by molar-refractivity contribution is 6.13. The molecule has 1 aromatic heterocycles. The Morgan fingerprint density at radius 3 is 2.36 bits per heavy atom. The van der Waals surface area contributed by atoms with Gasteiger partial charge in [-0.1, -0.05) is 30.3 Å². The summed E-state index contributed by atoms with van der Waals surface area (Å²) in [6.07, 6.45) is 0. The van der Waals surface area contributed by atoms with Crippen LogP contribution in [0.1, 0.15) is 15.9 Å². The Morgan fingerprint density at radius 1 is 1.04 bits per heavy atom. The minimum atomic E-state index is -0.402. The van der Waals surface area contributed by atoms with Gasteiger partial charge in [-0.15, -0.1) is 0 Å². The highest BCUT2D eigenvalue weighted by atomic mass is 16.2. The number of carbonyl (C=O) groups excluding carboxylic acids is 1. The molecule has 0 atom stereocenters. The van der Waals surface area contributed by atoms with E-state index in [4.69, 9.17) is 0 Å². The van der Waals surface area contributed by atoms with Gasteiger partial charge in [-0.05, 0) is 30.7 Å². The molecule has 0 unspecified atom stereocenters. The Hall–Kier alpha value is -3.08. The van der Waals surface area contributed by atoms with Gasteiger partial charge >= 0.3 is 0 Å². The lowest BCUT2D eigenvalue weighted by Crippen LogP contribution is -2.31. The normalized spacial score (nSPS) is 10.7. The van der Waals surface area contributed by atoms with Crippen LogP contribution >= 0.6 is 0 Å². The van der Waals surface area contributed by atoms with Crippen molar-refractivity contribution in [2.75, 3.05) is 24.3 Å². The second kappa shape index (κ2) is 6.43. The molecule has 3 rings (SSSR count). The van der Waals surface area contributed by atoms with E-state index in [2.05, 4.69) is 5.32 Å². The van der Waals surface area contributed by atoms with E-state index in [1.54, 1.807) is 19.2 Å². The van der Waals surface area contributed by atoms with Gasteiger partial charge in [0.15, 0.2) is 0 Å². The molecule has 0 bridgehead atoms. The number of hydrogen-bond donors (Lipinski definition) is 1. The summed E-state index contributed by atoms with van der Waals surface area (Å²) in [5.74, 6) is -0.402. The standard InChI is InChI=1S/C20H21N3O2/c1-13-9-8-12-15-16(13)18(22(2)3)17(20(25)23(15)4)19(24)21-14-10-6-5-7-11-14/h5-12H,1-4H3,(H,21,24). The lowest BCUT2D eigenvalue weighted by molar-refractivity contribution is 0.102. The van der Waals surface area contributed by atoms with Crippen molar-refractivity contribution in [3.8, 4) is 0 Å². The first-order valence-corrected chi connectivity index (χ1v) is 8.08. The van der Waals surface area contributed by atoms with Gasteiger partial charge in [-0.2, -0.15) is 0 Å². The van der Waals surface area contributed by atoms with Crippen molar-refractivity contribution in [1.82, 2.24) is 4.57 Å². The first-order chi connectivity index (χ1) is 11.9. The van der Waals surface area contributed by atoms with Gasteiger partial charge in [0.2, 0.25) is 0 Å². The number of benzene rings is 2. The fourth-order valence-corrected chi connectivity index (χ4v) is 3.11. The summed E-state index contributed by atoms with van der Waals surface area (Å²) in [5.41, 5.74) is 2.97. The minimum absolute atomic E-state index is 0.151. The minimum Gasteiger partial charge on any atom is -0.376 e. The number of rotatable bonds is 3. The third-order valence-corrected chi connectivity index (χ3v) is 4.31. The SMILES string of the molecule is Cc1cccc2c1c(N(C)C)c(C(=O)Nc1ccccc1)c(=O)n2C. The fraction of sp³-hybridized carbons (Fsp3) is 0.200. The molecule has 5 nitrogen and oxygen atoms in total. The van der Waals surface area contributed by atoms with Crippen LogP contribution in [0.5, 0.6) is 0 Å². The average molecular weight is 335 g/mol. The van der Waals surface area contributed by atoms with Gasteiger partial charge < -0.3 is 14.8 Å². The molecule has 25 heavy (non-hydrogen) atoms. The van der Waals surface area contributed by atoms with Crippen molar-refractivity contribution in [2.45, 2.75) is 6.92 Å². The first kappa shape index (κ1) is 16.8. The molecule has 1 N–H and O–H groups in total. The van der Waals surface area contributed by atoms with Gasteiger partial charge in [0.25, 0.3) is 11.5 Å². The van der Waals surface area contributed by atoms with Crippen LogP contribution in [0.3, 0.4) is 0 Å². The number of aromatic nitrogens is 1. The summed E-state index contributed by atoms with van der Waals surface area (Å²) in [6.45, 7) is 1.98. The van der Waals surface area contributed by atoms with Crippen molar-refractivity contribution in [2.24, 2.45) is 7.05 Å². The number of anilines is 2. The summed E-state index contributed by atoms with van der Waals surface area (Å²) >= 11 is 0. The molecule has 0 aliphatic rings. The van der Waals surface area contributed by atoms with E-state index >= 15 is 0 Å². The Kier molecular flexibility index (Phi) is 4.31. The monoisotopic (exact) mass is 335 g/mol. The molecule has 1 amide bonds. The molecule has 3 aromatic rings. The molecule has 0 aliphatic carbocycles. The van der Waals surface area contributed by atoms with Gasteiger partial charge in [0.1, 0.15) is 5.56 Å². The van der Waals surface area contributed by atoms with E-state index in [0.29, 0.717) is 11.4 Å². The molecule has 5 heteroatoms. The van der Waals surface area contributed by atoms with Crippen LogP contribution in [0.25, 0.3) is 10.9 Å². The first-order valence-electron chi connectivity index (χ1n) is 8.08. The Morgan fingerprint density at radius 2 is 1.72 bits per heavy atom. The van der Waals surface area contributed by atoms with Crippen LogP contribution in [-0.4, -0.2) is 24.6 Å². The van der Waals surface area contributed by atoms with Crippen molar-refractivity contribution in [3.05, 3.63) is 70.0 Å². The maximum atomic E-state index is 12.9. The number of pyridine rings is 1. The number of fused-ring (bicyclic) bond motifs is 1. The van der Waals surface area contributed by atoms with Crippen LogP contribution in [0, 0.1) is 6.92 Å². The zero-order valence-electron chi connectivity index (χ0n) is 14.8. The number of aryl methyl sites for hydroxylation is 2. The van der Waals surface area contributed by atoms with E-state index in [9.17, 15) is 9.59 Å². The molecule has 1 heterocycles. The summed E-state index contributed by atoms with van der Waals surface area (Å²) in [6, 6.07) is 14.9. The quantitative estimate of drug-likeness (QED) is 0.800. The number of para-hydroxylation sites is 1. The largest absolute Gasteiger partial charge is 0.376 e. The Labute approximate surface area is 146 Å². The number of nitrogens with one attached hydrogen (secondary N) is 1. The molecular formula is C20H21N3O2. The van der Waals surface area contributed by atoms with E-state index in [1.807, 2.05) is 62.3 Å². The van der Waals surface area contributed by atoms with Gasteiger partial charge in [0, 0.05) is 32.2 Å². The van der Waals surface area contributed by atoms with Crippen molar-refractivity contribution < 1.29 is 4.79 Å². The molecule has 0 saturated carbocycles. The van der Waals surface area contributed by atoms with Crippen molar-refractivity contribution in [3.63, 3.8) is 0 Å². The van der Waals surface area contributed by atoms with Crippen LogP contribution in [-0.2, 0) is 7.05 Å². The molecule has 128 valence electrons. The zero-order valence-corrected chi connectivity index (χ0v) is 14.8. The summed E-state index contributed by atoms with van der Waals surface area (Å²) in [7, 11) is 5.39. The fourth-order valence-electron chi connectivity index (χ4n) is 3.11. The van der Waals surface area contributed by atoms with E-state index in [-0.39, 0.29) is 11.1 Å². The summed E-state index contributed by atoms with van der Waals surface area (Å²) in [5, 5.41) is 3.74. The van der Waals surface area contributed by atoms with Crippen LogP contribution < -0.4 is 15.8 Å². The number of nitrogens with zero attached hydrogens (tertiary/aromatic N) is 2. The highest BCUT2D eigenvalue weighted by Crippen LogP contribution is 2.30. The third-order valence-electron chi connectivity index (χ3n) is 4.31. The second-order valence-electron chi connectivity index (χ2n) is 6.27. The Bertz CT molecular complexity index is 1000. The van der Waals surface area contributed by atoms with Crippen molar-refractivity contribution in [1.29, 1.82) is 0 Å². The topological polar surface area (TPSA) is 54.3 Å². The predicted molar refractivity (Wildman–Crippen MR) is 103 cm³/mol. The maximum absolute atomic E-state index is 12.9. The van der Waals surface area contributed by atoms with Gasteiger partial charge in [-0.25, -0.2) is 0 Å². The molecule has 2 aromatic carbocycles. The highest BCUT2D eigenvalue weighted by Gasteiger charge is 2.23. The number of hydrogen-bond acceptors (Lipinski definition) is 3. The molecule has 0 fully saturated rings. The van der Waals surface area contributed by atoms with Crippen molar-refractivity contribution >= 4 is 28.2 Å². The molecule has 0 saturated heterocycles. The smallest absolute Gasteiger partial charge is 0.265 e. The zero-order chi connectivity index (χ0) is 18.1. The van der Waals surface area contributed by atoms with E-state index < -0.39 is 5.91 Å². The third kappa shape index (κ3) is 2.89.